The number of nitro groups is 1. The van der Waals surface area contributed by atoms with Crippen molar-refractivity contribution in [2.24, 2.45) is 0 Å². The highest BCUT2D eigenvalue weighted by Crippen LogP contribution is 2.31. The lowest BCUT2D eigenvalue weighted by Crippen LogP contribution is -2.28. The second kappa shape index (κ2) is 7.45. The Balaban J connectivity index is 2.11. The smallest absolute Gasteiger partial charge is 0.352 e. The molecule has 7 nitrogen and oxygen atoms in total. The first-order valence-corrected chi connectivity index (χ1v) is 7.18. The van der Waals surface area contributed by atoms with E-state index in [2.05, 4.69) is 0 Å². The van der Waals surface area contributed by atoms with Gasteiger partial charge >= 0.3 is 5.97 Å². The summed E-state index contributed by atoms with van der Waals surface area (Å²) in [5.41, 5.74) is 0.865. The van der Waals surface area contributed by atoms with Crippen LogP contribution in [0, 0.1) is 17.0 Å². The Morgan fingerprint density at radius 2 is 1.79 bits per heavy atom. The van der Waals surface area contributed by atoms with Crippen molar-refractivity contribution in [3.05, 3.63) is 58.1 Å². The Hall–Kier alpha value is -3.09. The van der Waals surface area contributed by atoms with Crippen LogP contribution in [0.25, 0.3) is 0 Å². The summed E-state index contributed by atoms with van der Waals surface area (Å²) in [5.74, 6) is 0.0259. The van der Waals surface area contributed by atoms with Gasteiger partial charge in [-0.25, -0.2) is 4.79 Å². The summed E-state index contributed by atoms with van der Waals surface area (Å²) in [6, 6.07) is 11.0. The van der Waals surface area contributed by atoms with Crippen molar-refractivity contribution < 1.29 is 23.9 Å². The van der Waals surface area contributed by atoms with E-state index in [0.717, 1.165) is 11.6 Å². The highest BCUT2D eigenvalue weighted by atomic mass is 16.6. The van der Waals surface area contributed by atoms with Gasteiger partial charge in [0.2, 0.25) is 0 Å². The maximum absolute atomic E-state index is 12.2. The van der Waals surface area contributed by atoms with Gasteiger partial charge < -0.3 is 14.2 Å². The molecule has 0 aliphatic rings. The molecular formula is C17H17NO6. The zero-order chi connectivity index (χ0) is 17.7. The van der Waals surface area contributed by atoms with Crippen LogP contribution in [-0.4, -0.2) is 24.1 Å². The van der Waals surface area contributed by atoms with Crippen molar-refractivity contribution >= 4 is 11.7 Å². The number of nitro benzene ring substituents is 1. The number of benzene rings is 2. The van der Waals surface area contributed by atoms with Crippen LogP contribution in [0.4, 0.5) is 5.69 Å². The highest BCUT2D eigenvalue weighted by molar-refractivity contribution is 5.78. The third-order valence-electron chi connectivity index (χ3n) is 3.23. The van der Waals surface area contributed by atoms with E-state index in [9.17, 15) is 14.9 Å². The highest BCUT2D eigenvalue weighted by Gasteiger charge is 2.21. The molecule has 126 valence electrons. The molecule has 0 aromatic heterocycles. The molecular weight excluding hydrogens is 314 g/mol. The fourth-order valence-electron chi connectivity index (χ4n) is 1.92. The first-order valence-electron chi connectivity index (χ1n) is 7.18. The lowest BCUT2D eigenvalue weighted by molar-refractivity contribution is -0.384. The number of non-ortho nitro benzene ring substituents is 1. The Morgan fingerprint density at radius 3 is 2.38 bits per heavy atom. The summed E-state index contributed by atoms with van der Waals surface area (Å²) in [7, 11) is 1.38. The number of aryl methyl sites for hydroxylation is 1. The van der Waals surface area contributed by atoms with E-state index >= 15 is 0 Å². The van der Waals surface area contributed by atoms with Crippen molar-refractivity contribution in [3.8, 4) is 17.2 Å². The number of ether oxygens (including phenoxy) is 3. The van der Waals surface area contributed by atoms with Gasteiger partial charge in [0.05, 0.1) is 18.1 Å². The van der Waals surface area contributed by atoms with Gasteiger partial charge in [0, 0.05) is 6.07 Å². The zero-order valence-electron chi connectivity index (χ0n) is 13.5. The predicted molar refractivity (Wildman–Crippen MR) is 86.6 cm³/mol. The van der Waals surface area contributed by atoms with E-state index in [1.165, 1.54) is 26.2 Å². The number of rotatable bonds is 6. The molecule has 1 unspecified atom stereocenters. The molecule has 1 atom stereocenters. The van der Waals surface area contributed by atoms with Crippen molar-refractivity contribution in [2.75, 3.05) is 7.11 Å². The van der Waals surface area contributed by atoms with Crippen LogP contribution in [-0.2, 0) is 4.79 Å². The van der Waals surface area contributed by atoms with Gasteiger partial charge in [-0.15, -0.1) is 0 Å². The maximum atomic E-state index is 12.2. The molecule has 24 heavy (non-hydrogen) atoms. The number of carbonyl (C=O) groups is 1. The first kappa shape index (κ1) is 17.3. The standard InChI is InChI=1S/C17H17NO6/c1-11-4-7-14(8-5-11)23-12(2)17(19)24-16-10-13(18(20)21)6-9-15(16)22-3/h4-10,12H,1-3H3. The van der Waals surface area contributed by atoms with E-state index in [-0.39, 0.29) is 17.2 Å². The van der Waals surface area contributed by atoms with Gasteiger partial charge in [-0.1, -0.05) is 17.7 Å². The molecule has 2 rings (SSSR count). The largest absolute Gasteiger partial charge is 0.493 e. The zero-order valence-corrected chi connectivity index (χ0v) is 13.5. The molecule has 0 radical (unpaired) electrons. The normalized spacial score (nSPS) is 11.5. The van der Waals surface area contributed by atoms with Crippen LogP contribution >= 0.6 is 0 Å². The molecule has 0 heterocycles. The topological polar surface area (TPSA) is 87.9 Å². The molecule has 0 saturated carbocycles. The van der Waals surface area contributed by atoms with Gasteiger partial charge in [0.25, 0.3) is 5.69 Å². The van der Waals surface area contributed by atoms with Gasteiger partial charge in [0.1, 0.15) is 5.75 Å². The molecule has 0 saturated heterocycles. The van der Waals surface area contributed by atoms with Gasteiger partial charge in [0.15, 0.2) is 17.6 Å². The van der Waals surface area contributed by atoms with Gasteiger partial charge in [-0.3, -0.25) is 10.1 Å². The van der Waals surface area contributed by atoms with E-state index in [1.54, 1.807) is 12.1 Å². The fourth-order valence-corrected chi connectivity index (χ4v) is 1.92. The number of esters is 1. The van der Waals surface area contributed by atoms with Gasteiger partial charge in [-0.2, -0.15) is 0 Å². The minimum absolute atomic E-state index is 0.0314. The number of methoxy groups -OCH3 is 1. The van der Waals surface area contributed by atoms with Crippen LogP contribution in [0.15, 0.2) is 42.5 Å². The quantitative estimate of drug-likeness (QED) is 0.349. The Bertz CT molecular complexity index is 741. The van der Waals surface area contributed by atoms with Crippen molar-refractivity contribution in [2.45, 2.75) is 20.0 Å². The number of carbonyl (C=O) groups excluding carboxylic acids is 1. The van der Waals surface area contributed by atoms with E-state index in [4.69, 9.17) is 14.2 Å². The monoisotopic (exact) mass is 331 g/mol. The number of hydrogen-bond acceptors (Lipinski definition) is 6. The summed E-state index contributed by atoms with van der Waals surface area (Å²) in [6.07, 6.45) is -0.892. The molecule has 0 spiro atoms. The minimum atomic E-state index is -0.892. The summed E-state index contributed by atoms with van der Waals surface area (Å²) in [4.78, 5) is 22.4. The average molecular weight is 331 g/mol. The molecule has 0 N–H and O–H groups in total. The summed E-state index contributed by atoms with van der Waals surface area (Å²) in [5, 5.41) is 10.8. The molecule has 0 bridgehead atoms. The average Bonchev–Trinajstić information content (AvgIpc) is 2.56. The molecule has 0 amide bonds. The lowest BCUT2D eigenvalue weighted by atomic mass is 10.2. The van der Waals surface area contributed by atoms with Crippen molar-refractivity contribution in [3.63, 3.8) is 0 Å². The molecule has 7 heteroatoms. The summed E-state index contributed by atoms with van der Waals surface area (Å²) < 4.78 is 15.7. The van der Waals surface area contributed by atoms with Crippen LogP contribution in [0.1, 0.15) is 12.5 Å². The predicted octanol–water partition coefficient (Wildman–Crippen LogP) is 3.28. The fraction of sp³-hybridized carbons (Fsp3) is 0.235. The third-order valence-corrected chi connectivity index (χ3v) is 3.23. The van der Waals surface area contributed by atoms with Crippen molar-refractivity contribution in [1.82, 2.24) is 0 Å². The minimum Gasteiger partial charge on any atom is -0.493 e. The number of nitrogens with zero attached hydrogens (tertiary/aromatic N) is 1. The lowest BCUT2D eigenvalue weighted by Gasteiger charge is -2.15. The molecule has 2 aromatic rings. The maximum Gasteiger partial charge on any atom is 0.352 e. The molecule has 0 aliphatic heterocycles. The third kappa shape index (κ3) is 4.22. The van der Waals surface area contributed by atoms with Crippen LogP contribution < -0.4 is 14.2 Å². The summed E-state index contributed by atoms with van der Waals surface area (Å²) >= 11 is 0. The molecule has 2 aromatic carbocycles. The van der Waals surface area contributed by atoms with Crippen LogP contribution in [0.5, 0.6) is 17.2 Å². The Labute approximate surface area is 138 Å². The van der Waals surface area contributed by atoms with E-state index in [0.29, 0.717) is 5.75 Å². The van der Waals surface area contributed by atoms with Crippen LogP contribution in [0.3, 0.4) is 0 Å². The first-order chi connectivity index (χ1) is 11.4. The SMILES string of the molecule is COc1ccc([N+](=O)[O-])cc1OC(=O)C(C)Oc1ccc(C)cc1. The molecule has 0 fully saturated rings. The second-order valence-electron chi connectivity index (χ2n) is 5.09. The van der Waals surface area contributed by atoms with E-state index < -0.39 is 17.0 Å². The summed E-state index contributed by atoms with van der Waals surface area (Å²) in [6.45, 7) is 3.47. The molecule has 0 aliphatic carbocycles. The second-order valence-corrected chi connectivity index (χ2v) is 5.09. The number of hydrogen-bond donors (Lipinski definition) is 0. The Kier molecular flexibility index (Phi) is 5.36. The van der Waals surface area contributed by atoms with Crippen molar-refractivity contribution in [1.29, 1.82) is 0 Å². The van der Waals surface area contributed by atoms with Crippen LogP contribution in [0.2, 0.25) is 0 Å². The van der Waals surface area contributed by atoms with Gasteiger partial charge in [-0.05, 0) is 32.0 Å². The van der Waals surface area contributed by atoms with E-state index in [1.807, 2.05) is 19.1 Å². The Morgan fingerprint density at radius 1 is 1.12 bits per heavy atom.